The van der Waals surface area contributed by atoms with Crippen LogP contribution in [0.15, 0.2) is 35.4 Å². The van der Waals surface area contributed by atoms with Crippen molar-refractivity contribution in [2.24, 2.45) is 0 Å². The Hall–Kier alpha value is -2.69. The van der Waals surface area contributed by atoms with Crippen LogP contribution in [0.25, 0.3) is 0 Å². The predicted octanol–water partition coefficient (Wildman–Crippen LogP) is 3.52. The number of amides is 1. The van der Waals surface area contributed by atoms with Crippen molar-refractivity contribution in [1.82, 2.24) is 15.3 Å². The van der Waals surface area contributed by atoms with Crippen molar-refractivity contribution in [3.63, 3.8) is 0 Å². The van der Waals surface area contributed by atoms with Gasteiger partial charge in [0, 0.05) is 37.9 Å². The highest BCUT2D eigenvalue weighted by Crippen LogP contribution is 2.33. The first-order valence-electron chi connectivity index (χ1n) is 10.7. The van der Waals surface area contributed by atoms with Crippen molar-refractivity contribution in [2.45, 2.75) is 55.8 Å². The number of carbonyl (C=O) groups is 1. The van der Waals surface area contributed by atoms with Gasteiger partial charge in [0.15, 0.2) is 0 Å². The Bertz CT molecular complexity index is 1010. The maximum absolute atomic E-state index is 13.1. The van der Waals surface area contributed by atoms with Gasteiger partial charge in [0.2, 0.25) is 11.9 Å². The summed E-state index contributed by atoms with van der Waals surface area (Å²) in [6, 6.07) is 4.69. The summed E-state index contributed by atoms with van der Waals surface area (Å²) in [6.07, 6.45) is 0.0955. The number of nitrogens with one attached hydrogen (secondary N) is 2. The van der Waals surface area contributed by atoms with E-state index in [9.17, 15) is 22.2 Å². The second-order valence-corrected chi connectivity index (χ2v) is 9.76. The minimum atomic E-state index is -4.62. The third-order valence-electron chi connectivity index (χ3n) is 5.49. The Kier molecular flexibility index (Phi) is 7.93. The standard InChI is InChI=1S/C22H28F3N5O2S/c1-14-12-26-21(29-20(14)30(2)3)28-16-10-8-15(9-11-16)27-19(31)13-33(32)18-7-5-4-6-17(18)22(23,24)25/h4-7,12,15-16H,8-11,13H2,1-3H3,(H,27,31)(H,26,28,29). The first-order valence-corrected chi connectivity index (χ1v) is 12.0. The third-order valence-corrected chi connectivity index (χ3v) is 6.86. The fourth-order valence-electron chi connectivity index (χ4n) is 3.89. The molecule has 3 rings (SSSR count). The van der Waals surface area contributed by atoms with Gasteiger partial charge in [-0.05, 0) is 44.7 Å². The molecule has 0 aliphatic heterocycles. The van der Waals surface area contributed by atoms with E-state index in [0.717, 1.165) is 36.4 Å². The van der Waals surface area contributed by atoms with Gasteiger partial charge in [0.25, 0.3) is 0 Å². The van der Waals surface area contributed by atoms with E-state index < -0.39 is 34.2 Å². The molecule has 1 saturated carbocycles. The molecule has 1 aliphatic carbocycles. The Morgan fingerprint density at radius 2 is 1.79 bits per heavy atom. The van der Waals surface area contributed by atoms with Crippen molar-refractivity contribution in [3.05, 3.63) is 41.6 Å². The number of benzene rings is 1. The Balaban J connectivity index is 1.50. The average molecular weight is 484 g/mol. The van der Waals surface area contributed by atoms with Crippen LogP contribution in [0.1, 0.15) is 36.8 Å². The molecular formula is C22H28F3N5O2S. The van der Waals surface area contributed by atoms with Crippen molar-refractivity contribution >= 4 is 28.5 Å². The molecule has 0 radical (unpaired) electrons. The zero-order valence-corrected chi connectivity index (χ0v) is 19.6. The van der Waals surface area contributed by atoms with E-state index in [1.54, 1.807) is 6.20 Å². The van der Waals surface area contributed by atoms with Crippen LogP contribution >= 0.6 is 0 Å². The number of hydrogen-bond acceptors (Lipinski definition) is 6. The topological polar surface area (TPSA) is 87.2 Å². The highest BCUT2D eigenvalue weighted by atomic mass is 32.2. The number of rotatable bonds is 7. The van der Waals surface area contributed by atoms with Gasteiger partial charge >= 0.3 is 6.18 Å². The predicted molar refractivity (Wildman–Crippen MR) is 122 cm³/mol. The van der Waals surface area contributed by atoms with E-state index in [1.165, 1.54) is 12.1 Å². The van der Waals surface area contributed by atoms with Crippen LogP contribution in [-0.2, 0) is 21.8 Å². The number of alkyl halides is 3. The molecule has 7 nitrogen and oxygen atoms in total. The van der Waals surface area contributed by atoms with Crippen molar-refractivity contribution in [2.75, 3.05) is 30.1 Å². The van der Waals surface area contributed by atoms with Crippen LogP contribution in [0, 0.1) is 6.92 Å². The summed E-state index contributed by atoms with van der Waals surface area (Å²) >= 11 is 0. The number of anilines is 2. The molecular weight excluding hydrogens is 455 g/mol. The van der Waals surface area contributed by atoms with Crippen LogP contribution in [0.4, 0.5) is 24.9 Å². The van der Waals surface area contributed by atoms with E-state index >= 15 is 0 Å². The van der Waals surface area contributed by atoms with Gasteiger partial charge in [0.05, 0.1) is 21.3 Å². The van der Waals surface area contributed by atoms with E-state index in [1.807, 2.05) is 25.9 Å². The molecule has 0 saturated heterocycles. The van der Waals surface area contributed by atoms with E-state index in [2.05, 4.69) is 20.6 Å². The van der Waals surface area contributed by atoms with Crippen molar-refractivity contribution < 1.29 is 22.2 Å². The fourth-order valence-corrected chi connectivity index (χ4v) is 5.02. The van der Waals surface area contributed by atoms with Crippen molar-refractivity contribution in [1.29, 1.82) is 0 Å². The lowest BCUT2D eigenvalue weighted by Gasteiger charge is -2.30. The van der Waals surface area contributed by atoms with Gasteiger partial charge in [-0.1, -0.05) is 12.1 Å². The largest absolute Gasteiger partial charge is 0.417 e. The number of aryl methyl sites for hydroxylation is 1. The molecule has 1 unspecified atom stereocenters. The SMILES string of the molecule is Cc1cnc(NC2CCC(NC(=O)CS(=O)c3ccccc3C(F)(F)F)CC2)nc1N(C)C. The maximum atomic E-state index is 13.1. The molecule has 1 heterocycles. The second-order valence-electron chi connectivity index (χ2n) is 8.34. The smallest absolute Gasteiger partial charge is 0.362 e. The van der Waals surface area contributed by atoms with Crippen LogP contribution in [-0.4, -0.2) is 52.0 Å². The minimum absolute atomic E-state index is 0.110. The molecule has 33 heavy (non-hydrogen) atoms. The molecule has 1 aromatic carbocycles. The molecule has 1 aliphatic rings. The van der Waals surface area contributed by atoms with Crippen LogP contribution in [0.5, 0.6) is 0 Å². The first-order chi connectivity index (χ1) is 15.5. The van der Waals surface area contributed by atoms with Gasteiger partial charge in [0.1, 0.15) is 11.6 Å². The summed E-state index contributed by atoms with van der Waals surface area (Å²) in [5, 5.41) is 6.15. The van der Waals surface area contributed by atoms with Gasteiger partial charge in [-0.3, -0.25) is 9.00 Å². The second kappa shape index (κ2) is 10.5. The summed E-state index contributed by atoms with van der Waals surface area (Å²) in [5.41, 5.74) is 0.00526. The van der Waals surface area contributed by atoms with E-state index in [4.69, 9.17) is 0 Å². The summed E-state index contributed by atoms with van der Waals surface area (Å²) in [5.74, 6) is 0.374. The lowest BCUT2D eigenvalue weighted by molar-refractivity contribution is -0.139. The lowest BCUT2D eigenvalue weighted by atomic mass is 9.91. The molecule has 0 spiro atoms. The zero-order chi connectivity index (χ0) is 24.2. The molecule has 0 bridgehead atoms. The zero-order valence-electron chi connectivity index (χ0n) is 18.8. The quantitative estimate of drug-likeness (QED) is 0.627. The molecule has 11 heteroatoms. The Morgan fingerprint density at radius 1 is 1.15 bits per heavy atom. The van der Waals surface area contributed by atoms with Gasteiger partial charge in [-0.25, -0.2) is 4.98 Å². The molecule has 2 aromatic rings. The molecule has 1 fully saturated rings. The number of aromatic nitrogens is 2. The highest BCUT2D eigenvalue weighted by molar-refractivity contribution is 7.85. The molecule has 2 N–H and O–H groups in total. The Morgan fingerprint density at radius 3 is 2.42 bits per heavy atom. The first kappa shape index (κ1) is 24.9. The summed E-state index contributed by atoms with van der Waals surface area (Å²) in [4.78, 5) is 22.8. The van der Waals surface area contributed by atoms with Gasteiger partial charge in [-0.15, -0.1) is 0 Å². The molecule has 1 amide bonds. The highest BCUT2D eigenvalue weighted by Gasteiger charge is 2.35. The van der Waals surface area contributed by atoms with Crippen LogP contribution in [0.3, 0.4) is 0 Å². The van der Waals surface area contributed by atoms with Gasteiger partial charge < -0.3 is 15.5 Å². The lowest BCUT2D eigenvalue weighted by Crippen LogP contribution is -2.42. The summed E-state index contributed by atoms with van der Waals surface area (Å²) in [7, 11) is 1.75. The monoisotopic (exact) mass is 483 g/mol. The number of hydrogen-bond donors (Lipinski definition) is 2. The number of nitrogens with zero attached hydrogens (tertiary/aromatic N) is 3. The van der Waals surface area contributed by atoms with E-state index in [0.29, 0.717) is 18.8 Å². The third kappa shape index (κ3) is 6.66. The minimum Gasteiger partial charge on any atom is -0.362 e. The van der Waals surface area contributed by atoms with Crippen LogP contribution in [0.2, 0.25) is 0 Å². The normalized spacial score (nSPS) is 19.6. The maximum Gasteiger partial charge on any atom is 0.417 e. The molecule has 1 atom stereocenters. The molecule has 180 valence electrons. The van der Waals surface area contributed by atoms with E-state index in [-0.39, 0.29) is 17.0 Å². The van der Waals surface area contributed by atoms with Crippen molar-refractivity contribution in [3.8, 4) is 0 Å². The van der Waals surface area contributed by atoms with Gasteiger partial charge in [-0.2, -0.15) is 18.2 Å². The number of carbonyl (C=O) groups excluding carboxylic acids is 1. The molecule has 1 aromatic heterocycles. The number of halogens is 3. The Labute approximate surface area is 193 Å². The van der Waals surface area contributed by atoms with Crippen LogP contribution < -0.4 is 15.5 Å². The summed E-state index contributed by atoms with van der Waals surface area (Å²) in [6.45, 7) is 1.95. The average Bonchev–Trinajstić information content (AvgIpc) is 2.75. The fraction of sp³-hybridized carbons (Fsp3) is 0.500. The summed E-state index contributed by atoms with van der Waals surface area (Å²) < 4.78 is 51.9.